The Morgan fingerprint density at radius 2 is 2.23 bits per heavy atom. The highest BCUT2D eigenvalue weighted by molar-refractivity contribution is 7.80. The van der Waals surface area contributed by atoms with Crippen LogP contribution in [0.4, 0.5) is 0 Å². The molecule has 70 valence electrons. The molecule has 3 heteroatoms. The molecule has 1 aromatic rings. The summed E-state index contributed by atoms with van der Waals surface area (Å²) in [5, 5.41) is 0.679. The van der Waals surface area contributed by atoms with Crippen molar-refractivity contribution >= 4 is 30.3 Å². The minimum Gasteiger partial charge on any atom is -0.497 e. The van der Waals surface area contributed by atoms with Crippen molar-refractivity contribution in [1.29, 1.82) is 0 Å². The van der Waals surface area contributed by atoms with Crippen LogP contribution in [-0.4, -0.2) is 12.9 Å². The number of halogens is 1. The third-order valence-corrected chi connectivity index (χ3v) is 1.97. The smallest absolute Gasteiger partial charge is 0.120 e. The van der Waals surface area contributed by atoms with Gasteiger partial charge in [0.25, 0.3) is 0 Å². The largest absolute Gasteiger partial charge is 0.497 e. The number of hydrogen-bond donors (Lipinski definition) is 1. The van der Waals surface area contributed by atoms with Gasteiger partial charge in [0.05, 0.1) is 7.11 Å². The van der Waals surface area contributed by atoms with Gasteiger partial charge < -0.3 is 4.74 Å². The van der Waals surface area contributed by atoms with Crippen molar-refractivity contribution in [1.82, 2.24) is 0 Å². The third-order valence-electron chi connectivity index (χ3n) is 1.55. The molecule has 0 fully saturated rings. The fraction of sp³-hybridized carbons (Fsp3) is 0.200. The maximum atomic E-state index is 5.87. The van der Waals surface area contributed by atoms with E-state index in [1.54, 1.807) is 13.2 Å². The molecule has 1 nitrogen and oxygen atoms in total. The highest BCUT2D eigenvalue weighted by Crippen LogP contribution is 2.21. The van der Waals surface area contributed by atoms with Crippen LogP contribution in [0.25, 0.3) is 6.08 Å². The van der Waals surface area contributed by atoms with E-state index in [0.717, 1.165) is 17.1 Å². The van der Waals surface area contributed by atoms with Crippen LogP contribution in [0.2, 0.25) is 5.02 Å². The SMILES string of the molecule is COc1cc(Cl)cc(C=CCS)c1. The molecule has 0 aromatic heterocycles. The van der Waals surface area contributed by atoms with E-state index in [1.807, 2.05) is 24.3 Å². The highest BCUT2D eigenvalue weighted by atomic mass is 35.5. The molecule has 1 aromatic carbocycles. The van der Waals surface area contributed by atoms with Gasteiger partial charge in [-0.15, -0.1) is 0 Å². The van der Waals surface area contributed by atoms with E-state index in [-0.39, 0.29) is 0 Å². The highest BCUT2D eigenvalue weighted by Gasteiger charge is 1.96. The average molecular weight is 215 g/mol. The summed E-state index contributed by atoms with van der Waals surface area (Å²) in [5.41, 5.74) is 1.03. The van der Waals surface area contributed by atoms with E-state index in [2.05, 4.69) is 12.6 Å². The first-order valence-electron chi connectivity index (χ1n) is 3.88. The quantitative estimate of drug-likeness (QED) is 0.760. The van der Waals surface area contributed by atoms with Crippen molar-refractivity contribution in [2.75, 3.05) is 12.9 Å². The van der Waals surface area contributed by atoms with Gasteiger partial charge in [-0.05, 0) is 23.8 Å². The number of ether oxygens (including phenoxy) is 1. The van der Waals surface area contributed by atoms with E-state index in [0.29, 0.717) is 5.02 Å². The molecule has 0 unspecified atom stereocenters. The molecule has 0 aliphatic rings. The Morgan fingerprint density at radius 1 is 1.46 bits per heavy atom. The lowest BCUT2D eigenvalue weighted by Crippen LogP contribution is -1.83. The van der Waals surface area contributed by atoms with Crippen molar-refractivity contribution in [3.63, 3.8) is 0 Å². The van der Waals surface area contributed by atoms with E-state index in [9.17, 15) is 0 Å². The summed E-state index contributed by atoms with van der Waals surface area (Å²) < 4.78 is 5.08. The van der Waals surface area contributed by atoms with Crippen LogP contribution < -0.4 is 4.74 Å². The molecule has 0 amide bonds. The zero-order valence-electron chi connectivity index (χ0n) is 7.33. The maximum Gasteiger partial charge on any atom is 0.120 e. The lowest BCUT2D eigenvalue weighted by molar-refractivity contribution is 0.415. The summed E-state index contributed by atoms with van der Waals surface area (Å²) in [5.74, 6) is 1.49. The normalized spacial score (nSPS) is 10.7. The molecule has 0 aliphatic carbocycles. The first kappa shape index (κ1) is 10.5. The van der Waals surface area contributed by atoms with Gasteiger partial charge in [-0.2, -0.15) is 12.6 Å². The molecular formula is C10H11ClOS. The number of thiol groups is 1. The monoisotopic (exact) mass is 214 g/mol. The second-order valence-corrected chi connectivity index (χ2v) is 3.31. The van der Waals surface area contributed by atoms with Crippen molar-refractivity contribution in [3.8, 4) is 5.75 Å². The molecular weight excluding hydrogens is 204 g/mol. The predicted octanol–water partition coefficient (Wildman–Crippen LogP) is 3.29. The van der Waals surface area contributed by atoms with Gasteiger partial charge in [0.2, 0.25) is 0 Å². The van der Waals surface area contributed by atoms with Gasteiger partial charge >= 0.3 is 0 Å². The Labute approximate surface area is 88.8 Å². The van der Waals surface area contributed by atoms with E-state index >= 15 is 0 Å². The average Bonchev–Trinajstić information content (AvgIpc) is 2.14. The van der Waals surface area contributed by atoms with E-state index in [1.165, 1.54) is 0 Å². The molecule has 0 saturated carbocycles. The Hall–Kier alpha value is -0.600. The zero-order valence-corrected chi connectivity index (χ0v) is 8.98. The van der Waals surface area contributed by atoms with Crippen LogP contribution in [0.1, 0.15) is 5.56 Å². The lowest BCUT2D eigenvalue weighted by Gasteiger charge is -2.01. The molecule has 13 heavy (non-hydrogen) atoms. The van der Waals surface area contributed by atoms with Crippen molar-refractivity contribution in [2.24, 2.45) is 0 Å². The minimum absolute atomic E-state index is 0.679. The molecule has 0 bridgehead atoms. The molecule has 0 saturated heterocycles. The van der Waals surface area contributed by atoms with Crippen LogP contribution in [0.5, 0.6) is 5.75 Å². The van der Waals surface area contributed by atoms with Gasteiger partial charge in [-0.25, -0.2) is 0 Å². The first-order chi connectivity index (χ1) is 6.26. The van der Waals surface area contributed by atoms with Crippen LogP contribution >= 0.6 is 24.2 Å². The van der Waals surface area contributed by atoms with Crippen LogP contribution in [-0.2, 0) is 0 Å². The molecule has 0 radical (unpaired) electrons. The fourth-order valence-corrected chi connectivity index (χ4v) is 1.33. The van der Waals surface area contributed by atoms with Crippen molar-refractivity contribution in [2.45, 2.75) is 0 Å². The minimum atomic E-state index is 0.679. The Balaban J connectivity index is 2.94. The van der Waals surface area contributed by atoms with Gasteiger partial charge in [0, 0.05) is 10.8 Å². The summed E-state index contributed by atoms with van der Waals surface area (Å²) in [6.45, 7) is 0. The number of benzene rings is 1. The third kappa shape index (κ3) is 3.33. The second-order valence-electron chi connectivity index (χ2n) is 2.51. The van der Waals surface area contributed by atoms with Crippen LogP contribution in [0.3, 0.4) is 0 Å². The first-order valence-corrected chi connectivity index (χ1v) is 4.89. The Morgan fingerprint density at radius 3 is 2.85 bits per heavy atom. The van der Waals surface area contributed by atoms with Crippen LogP contribution in [0.15, 0.2) is 24.3 Å². The summed E-state index contributed by atoms with van der Waals surface area (Å²) in [7, 11) is 1.62. The fourth-order valence-electron chi connectivity index (χ4n) is 0.987. The van der Waals surface area contributed by atoms with E-state index < -0.39 is 0 Å². The summed E-state index contributed by atoms with van der Waals surface area (Å²) in [6.07, 6.45) is 3.91. The summed E-state index contributed by atoms with van der Waals surface area (Å²) in [6, 6.07) is 5.58. The lowest BCUT2D eigenvalue weighted by atomic mass is 10.2. The van der Waals surface area contributed by atoms with Gasteiger partial charge in [0.15, 0.2) is 0 Å². The number of methoxy groups -OCH3 is 1. The predicted molar refractivity (Wildman–Crippen MR) is 60.9 cm³/mol. The Kier molecular flexibility index (Phi) is 4.19. The zero-order chi connectivity index (χ0) is 9.68. The van der Waals surface area contributed by atoms with Crippen LogP contribution in [0, 0.1) is 0 Å². The molecule has 0 heterocycles. The second kappa shape index (κ2) is 5.20. The van der Waals surface area contributed by atoms with E-state index in [4.69, 9.17) is 16.3 Å². The van der Waals surface area contributed by atoms with Gasteiger partial charge in [-0.3, -0.25) is 0 Å². The van der Waals surface area contributed by atoms with Crippen molar-refractivity contribution < 1.29 is 4.74 Å². The topological polar surface area (TPSA) is 9.23 Å². The Bertz CT molecular complexity index is 310. The summed E-state index contributed by atoms with van der Waals surface area (Å²) >= 11 is 9.95. The molecule has 0 spiro atoms. The molecule has 1 rings (SSSR count). The number of rotatable bonds is 3. The molecule has 0 N–H and O–H groups in total. The van der Waals surface area contributed by atoms with Gasteiger partial charge in [0.1, 0.15) is 5.75 Å². The number of hydrogen-bond acceptors (Lipinski definition) is 2. The van der Waals surface area contributed by atoms with Gasteiger partial charge in [-0.1, -0.05) is 23.8 Å². The summed E-state index contributed by atoms with van der Waals surface area (Å²) in [4.78, 5) is 0. The maximum absolute atomic E-state index is 5.87. The molecule has 0 aliphatic heterocycles. The van der Waals surface area contributed by atoms with Crippen molar-refractivity contribution in [3.05, 3.63) is 34.9 Å². The molecule has 0 atom stereocenters. The standard InChI is InChI=1S/C10H11ClOS/c1-12-10-6-8(3-2-4-13)5-9(11)7-10/h2-3,5-7,13H,4H2,1H3.